The Hall–Kier alpha value is -6.95. The summed E-state index contributed by atoms with van der Waals surface area (Å²) in [6, 6.07) is 28.5. The SMILES string of the molecule is COc1cc(-n2cc(-c3ccc(C4=C5C(C)=CC(C)=[N+]5[B-](F)(F)n5c(C)cc(C)c54)cc3)nn2)ccc1N1CCOc2cc(C)ccc2N2CCOCCOCCN(CCOCC2)c2ccc(C)cc2OCC1. The molecular weight excluding hydrogens is 929 g/mol. The minimum atomic E-state index is -4.07. The quantitative estimate of drug-likeness (QED) is 0.122. The van der Waals surface area contributed by atoms with Crippen LogP contribution in [-0.2, 0) is 14.2 Å². The maximum absolute atomic E-state index is 16.3. The van der Waals surface area contributed by atoms with E-state index in [0.717, 1.165) is 73.2 Å². The van der Waals surface area contributed by atoms with Crippen LogP contribution in [-0.4, -0.2) is 136 Å². The number of hydrogen-bond donors (Lipinski definition) is 0. The summed E-state index contributed by atoms with van der Waals surface area (Å²) in [5.41, 5.74) is 12.7. The van der Waals surface area contributed by atoms with Gasteiger partial charge in [-0.05, 0) is 105 Å². The number of fused-ring (bicyclic) bond motifs is 12. The fourth-order valence-electron chi connectivity index (χ4n) is 10.7. The van der Waals surface area contributed by atoms with Gasteiger partial charge in [-0.3, -0.25) is 0 Å². The third-order valence-corrected chi connectivity index (χ3v) is 14.2. The van der Waals surface area contributed by atoms with Crippen LogP contribution in [0.3, 0.4) is 0 Å². The number of halogens is 2. The highest BCUT2D eigenvalue weighted by atomic mass is 19.2. The highest BCUT2D eigenvalue weighted by molar-refractivity contribution is 6.58. The number of allylic oxidation sites excluding steroid dienone is 2. The molecule has 17 heteroatoms. The van der Waals surface area contributed by atoms with Crippen LogP contribution in [0.15, 0.2) is 108 Å². The maximum Gasteiger partial charge on any atom is 0.737 e. The molecule has 2 bridgehead atoms. The zero-order valence-electron chi connectivity index (χ0n) is 43.0. The molecule has 382 valence electrons. The lowest BCUT2D eigenvalue weighted by atomic mass is 9.83. The standard InChI is InChI=1S/C56H65BF2N8O6/c1-38-8-15-49-52(32-38)72-28-22-64(23-29-73-53-33-39(2)9-16-50(53)63-19-25-69-24-18-62(49)20-26-70-30-31-71-27-21-63)48-17-14-46(36-51(48)68-7)65-37-47(60-61-65)44-10-12-45(13-11-44)54-55-40(3)34-42(5)66(55)57(58,59)67-43(6)35-41(4)56(54)67/h8-17,32-37H,18-31H2,1-7H3. The van der Waals surface area contributed by atoms with Crippen molar-refractivity contribution in [2.24, 2.45) is 0 Å². The van der Waals surface area contributed by atoms with Gasteiger partial charge < -0.3 is 60.7 Å². The van der Waals surface area contributed by atoms with E-state index in [1.54, 1.807) is 25.6 Å². The summed E-state index contributed by atoms with van der Waals surface area (Å²) in [6.45, 7) is 15.1. The van der Waals surface area contributed by atoms with Gasteiger partial charge in [-0.25, -0.2) is 4.68 Å². The molecule has 10 rings (SSSR count). The van der Waals surface area contributed by atoms with Crippen molar-refractivity contribution in [2.45, 2.75) is 41.5 Å². The predicted molar refractivity (Wildman–Crippen MR) is 284 cm³/mol. The van der Waals surface area contributed by atoms with Crippen molar-refractivity contribution < 1.29 is 41.5 Å². The van der Waals surface area contributed by atoms with E-state index in [2.05, 4.69) is 75.3 Å². The molecule has 4 aliphatic heterocycles. The molecule has 0 atom stereocenters. The Morgan fingerprint density at radius 1 is 0.603 bits per heavy atom. The Balaban J connectivity index is 0.937. The van der Waals surface area contributed by atoms with Crippen LogP contribution in [0.2, 0.25) is 0 Å². The highest BCUT2D eigenvalue weighted by Gasteiger charge is 2.55. The molecule has 4 aromatic carbocycles. The van der Waals surface area contributed by atoms with Gasteiger partial charge in [0.25, 0.3) is 0 Å². The lowest BCUT2D eigenvalue weighted by molar-refractivity contribution is -0.363. The Morgan fingerprint density at radius 3 is 1.73 bits per heavy atom. The molecule has 1 saturated heterocycles. The van der Waals surface area contributed by atoms with Crippen LogP contribution in [0, 0.1) is 27.7 Å². The molecular formula is C56H65BF2N8O6. The number of anilines is 3. The largest absolute Gasteiger partial charge is 0.737 e. The lowest BCUT2D eigenvalue weighted by Gasteiger charge is -2.34. The Morgan fingerprint density at radius 2 is 1.14 bits per heavy atom. The minimum Gasteiger partial charge on any atom is -0.495 e. The Labute approximate surface area is 426 Å². The average molecular weight is 995 g/mol. The van der Waals surface area contributed by atoms with Crippen LogP contribution in [0.25, 0.3) is 22.5 Å². The molecule has 0 N–H and O–H groups in total. The first-order valence-corrected chi connectivity index (χ1v) is 25.3. The lowest BCUT2D eigenvalue weighted by Crippen LogP contribution is -2.51. The number of hydrogen-bond acceptors (Lipinski definition) is 11. The number of aryl methyl sites for hydroxylation is 4. The van der Waals surface area contributed by atoms with Crippen LogP contribution in [0.5, 0.6) is 17.2 Å². The molecule has 0 aliphatic carbocycles. The molecule has 4 aliphatic rings. The zero-order chi connectivity index (χ0) is 50.8. The van der Waals surface area contributed by atoms with Crippen LogP contribution < -0.4 is 28.9 Å². The Kier molecular flexibility index (Phi) is 14.5. The van der Waals surface area contributed by atoms with Crippen LogP contribution in [0.4, 0.5) is 25.7 Å². The molecule has 0 saturated carbocycles. The van der Waals surface area contributed by atoms with Gasteiger partial charge in [-0.1, -0.05) is 41.6 Å². The van der Waals surface area contributed by atoms with E-state index < -0.39 is 6.97 Å². The summed E-state index contributed by atoms with van der Waals surface area (Å²) < 4.78 is 74.7. The van der Waals surface area contributed by atoms with Gasteiger partial charge in [-0.15, -0.1) is 5.10 Å². The Bertz CT molecular complexity index is 3020. The number of ether oxygens (including phenoxy) is 6. The van der Waals surface area contributed by atoms with Crippen molar-refractivity contribution >= 4 is 35.3 Å². The van der Waals surface area contributed by atoms with E-state index in [4.69, 9.17) is 28.4 Å². The maximum atomic E-state index is 16.3. The molecule has 6 aromatic rings. The zero-order valence-corrected chi connectivity index (χ0v) is 43.0. The molecule has 0 radical (unpaired) electrons. The van der Waals surface area contributed by atoms with Gasteiger partial charge in [0, 0.05) is 62.1 Å². The van der Waals surface area contributed by atoms with E-state index in [1.165, 1.54) is 8.96 Å². The fraction of sp³-hybridized carbons (Fsp3) is 0.375. The molecule has 2 aromatic heterocycles. The first-order chi connectivity index (χ1) is 35.4. The number of nitrogens with zero attached hydrogens (tertiary/aromatic N) is 8. The van der Waals surface area contributed by atoms with E-state index >= 15 is 8.63 Å². The van der Waals surface area contributed by atoms with Gasteiger partial charge in [-0.2, -0.15) is 0 Å². The molecule has 1 fully saturated rings. The van der Waals surface area contributed by atoms with Gasteiger partial charge >= 0.3 is 6.97 Å². The minimum absolute atomic E-state index is 0.388. The smallest absolute Gasteiger partial charge is 0.495 e. The first-order valence-electron chi connectivity index (χ1n) is 25.3. The van der Waals surface area contributed by atoms with Crippen LogP contribution >= 0.6 is 0 Å². The molecule has 14 nitrogen and oxygen atoms in total. The monoisotopic (exact) mass is 995 g/mol. The summed E-state index contributed by atoms with van der Waals surface area (Å²) in [5.74, 6) is 2.25. The first kappa shape index (κ1) is 49.6. The molecule has 73 heavy (non-hydrogen) atoms. The van der Waals surface area contributed by atoms with E-state index in [9.17, 15) is 0 Å². The summed E-state index contributed by atoms with van der Waals surface area (Å²) in [7, 11) is 1.67. The highest BCUT2D eigenvalue weighted by Crippen LogP contribution is 2.44. The summed E-state index contributed by atoms with van der Waals surface area (Å²) >= 11 is 0. The van der Waals surface area contributed by atoms with Crippen LogP contribution in [0.1, 0.15) is 47.5 Å². The summed E-state index contributed by atoms with van der Waals surface area (Å²) in [5, 5.41) is 9.13. The van der Waals surface area contributed by atoms with Crippen molar-refractivity contribution in [3.05, 3.63) is 142 Å². The third kappa shape index (κ3) is 10.1. The second kappa shape index (κ2) is 21.3. The summed E-state index contributed by atoms with van der Waals surface area (Å²) in [6.07, 6.45) is 3.73. The number of benzene rings is 4. The van der Waals surface area contributed by atoms with E-state index in [0.29, 0.717) is 126 Å². The molecule has 6 heterocycles. The van der Waals surface area contributed by atoms with E-state index in [-0.39, 0.29) is 0 Å². The average Bonchev–Trinajstić information content (AvgIpc) is 4.07. The van der Waals surface area contributed by atoms with Crippen molar-refractivity contribution in [2.75, 3.05) is 114 Å². The normalized spacial score (nSPS) is 18.0. The number of methoxy groups -OCH3 is 1. The van der Waals surface area contributed by atoms with Gasteiger partial charge in [0.15, 0.2) is 5.70 Å². The predicted octanol–water partition coefficient (Wildman–Crippen LogP) is 9.06. The second-order valence-corrected chi connectivity index (χ2v) is 19.3. The van der Waals surface area contributed by atoms with Gasteiger partial charge in [0.1, 0.15) is 41.9 Å². The molecule has 0 unspecified atom stereocenters. The topological polar surface area (TPSA) is 104 Å². The van der Waals surface area contributed by atoms with Crippen molar-refractivity contribution in [1.82, 2.24) is 19.5 Å². The third-order valence-electron chi connectivity index (χ3n) is 14.2. The van der Waals surface area contributed by atoms with Crippen molar-refractivity contribution in [1.29, 1.82) is 0 Å². The number of aromatic nitrogens is 4. The second-order valence-electron chi connectivity index (χ2n) is 19.3. The van der Waals surface area contributed by atoms with Crippen molar-refractivity contribution in [3.63, 3.8) is 0 Å². The summed E-state index contributed by atoms with van der Waals surface area (Å²) in [4.78, 5) is 6.81. The molecule has 0 amide bonds. The fourth-order valence-corrected chi connectivity index (χ4v) is 10.7. The number of rotatable bonds is 5. The van der Waals surface area contributed by atoms with Gasteiger partial charge in [0.05, 0.1) is 94.4 Å². The molecule has 0 spiro atoms. The van der Waals surface area contributed by atoms with Crippen molar-refractivity contribution in [3.8, 4) is 34.2 Å². The van der Waals surface area contributed by atoms with Gasteiger partial charge in [0.2, 0.25) is 0 Å². The van der Waals surface area contributed by atoms with E-state index in [1.807, 2.05) is 74.7 Å².